The van der Waals surface area contributed by atoms with Crippen LogP contribution in [0.4, 0.5) is 11.4 Å². The van der Waals surface area contributed by atoms with E-state index in [0.717, 1.165) is 5.56 Å². The second kappa shape index (κ2) is 11.4. The molecule has 0 fully saturated rings. The largest absolute Gasteiger partial charge is 0.506 e. The Hall–Kier alpha value is -4.79. The third kappa shape index (κ3) is 6.17. The fourth-order valence-electron chi connectivity index (χ4n) is 3.26. The molecule has 9 heteroatoms. The molecule has 0 aliphatic rings. The molecule has 0 aliphatic heterocycles. The minimum Gasteiger partial charge on any atom is -0.506 e. The van der Waals surface area contributed by atoms with Gasteiger partial charge in [0, 0.05) is 23.8 Å². The van der Waals surface area contributed by atoms with Crippen LogP contribution in [0.1, 0.15) is 16.7 Å². The van der Waals surface area contributed by atoms with Crippen LogP contribution in [0, 0.1) is 10.1 Å². The number of hydrogen-bond acceptors (Lipinski definition) is 7. The number of ether oxygens (including phenoxy) is 3. The van der Waals surface area contributed by atoms with Crippen molar-refractivity contribution in [2.45, 2.75) is 0 Å². The number of anilines is 1. The number of carbonyl (C=O) groups is 1. The zero-order valence-electron chi connectivity index (χ0n) is 19.3. The van der Waals surface area contributed by atoms with Crippen LogP contribution in [0.2, 0.25) is 0 Å². The predicted molar refractivity (Wildman–Crippen MR) is 134 cm³/mol. The maximum absolute atomic E-state index is 12.5. The molecule has 0 atom stereocenters. The number of nitrogens with one attached hydrogen (secondary N) is 1. The number of carbonyl (C=O) groups excluding carboxylic acids is 1. The molecule has 0 spiro atoms. The summed E-state index contributed by atoms with van der Waals surface area (Å²) in [5, 5.41) is 23.8. The molecule has 2 N–H and O–H groups in total. The number of nitro benzene ring substituents is 1. The van der Waals surface area contributed by atoms with Crippen LogP contribution in [0.5, 0.6) is 23.0 Å². The van der Waals surface area contributed by atoms with Crippen LogP contribution in [0.25, 0.3) is 18.2 Å². The Morgan fingerprint density at radius 1 is 0.914 bits per heavy atom. The zero-order valence-corrected chi connectivity index (χ0v) is 19.3. The summed E-state index contributed by atoms with van der Waals surface area (Å²) < 4.78 is 16.1. The van der Waals surface area contributed by atoms with Crippen molar-refractivity contribution >= 4 is 35.5 Å². The second-order valence-electron chi connectivity index (χ2n) is 7.20. The molecule has 0 heterocycles. The summed E-state index contributed by atoms with van der Waals surface area (Å²) in [4.78, 5) is 22.8. The van der Waals surface area contributed by atoms with Gasteiger partial charge in [0.2, 0.25) is 11.7 Å². The molecule has 0 radical (unpaired) electrons. The van der Waals surface area contributed by atoms with Crippen molar-refractivity contribution in [2.24, 2.45) is 0 Å². The van der Waals surface area contributed by atoms with E-state index in [0.29, 0.717) is 28.4 Å². The van der Waals surface area contributed by atoms with Crippen LogP contribution in [-0.4, -0.2) is 37.3 Å². The van der Waals surface area contributed by atoms with Crippen molar-refractivity contribution in [3.63, 3.8) is 0 Å². The maximum atomic E-state index is 12.5. The molecule has 0 aromatic heterocycles. The van der Waals surface area contributed by atoms with Gasteiger partial charge in [-0.15, -0.1) is 0 Å². The van der Waals surface area contributed by atoms with E-state index in [1.807, 2.05) is 0 Å². The molecule has 0 saturated carbocycles. The number of amides is 1. The van der Waals surface area contributed by atoms with E-state index in [9.17, 15) is 20.0 Å². The highest BCUT2D eigenvalue weighted by Crippen LogP contribution is 2.39. The Kier molecular flexibility index (Phi) is 8.07. The lowest BCUT2D eigenvalue weighted by Gasteiger charge is -2.13. The first-order chi connectivity index (χ1) is 16.9. The standard InChI is InChI=1S/C26H24N2O7/c1-33-22-15-18(16-23(34-2)26(22)35-3)7-11-19-5-4-6-21(29)25(19)27-24(30)14-10-17-8-12-20(13-9-17)28(31)32/h4-16,29H,1-3H3,(H,27,30)/b11-7?,14-10+. The molecule has 0 bridgehead atoms. The van der Waals surface area contributed by atoms with Crippen molar-refractivity contribution in [1.82, 2.24) is 0 Å². The molecule has 1 amide bonds. The van der Waals surface area contributed by atoms with Crippen molar-refractivity contribution in [3.8, 4) is 23.0 Å². The number of benzene rings is 3. The van der Waals surface area contributed by atoms with E-state index < -0.39 is 10.8 Å². The summed E-state index contributed by atoms with van der Waals surface area (Å²) in [6.07, 6.45) is 6.31. The van der Waals surface area contributed by atoms with Crippen LogP contribution >= 0.6 is 0 Å². The van der Waals surface area contributed by atoms with Crippen molar-refractivity contribution in [1.29, 1.82) is 0 Å². The van der Waals surface area contributed by atoms with E-state index >= 15 is 0 Å². The van der Waals surface area contributed by atoms with Crippen LogP contribution < -0.4 is 19.5 Å². The third-order valence-electron chi connectivity index (χ3n) is 5.00. The van der Waals surface area contributed by atoms with Gasteiger partial charge in [-0.3, -0.25) is 14.9 Å². The SMILES string of the molecule is COc1cc(C=Cc2cccc(O)c2NC(=O)/C=C/c2ccc([N+](=O)[O-])cc2)cc(OC)c1OC. The number of rotatable bonds is 9. The smallest absolute Gasteiger partial charge is 0.269 e. The second-order valence-corrected chi connectivity index (χ2v) is 7.20. The Bertz CT molecular complexity index is 1260. The number of phenols is 1. The molecule has 3 aromatic carbocycles. The number of non-ortho nitro benzene ring substituents is 1. The van der Waals surface area contributed by atoms with E-state index in [1.54, 1.807) is 36.4 Å². The highest BCUT2D eigenvalue weighted by Gasteiger charge is 2.13. The van der Waals surface area contributed by atoms with Crippen molar-refractivity contribution in [2.75, 3.05) is 26.6 Å². The number of hydrogen-bond donors (Lipinski definition) is 2. The number of nitro groups is 1. The van der Waals surface area contributed by atoms with Crippen LogP contribution in [0.3, 0.4) is 0 Å². The molecule has 0 aliphatic carbocycles. The monoisotopic (exact) mass is 476 g/mol. The minimum atomic E-state index is -0.495. The first-order valence-corrected chi connectivity index (χ1v) is 10.4. The van der Waals surface area contributed by atoms with Gasteiger partial charge in [0.1, 0.15) is 5.75 Å². The van der Waals surface area contributed by atoms with E-state index in [4.69, 9.17) is 14.2 Å². The number of aromatic hydroxyl groups is 1. The van der Waals surface area contributed by atoms with Gasteiger partial charge in [-0.05, 0) is 47.5 Å². The van der Waals surface area contributed by atoms with Crippen LogP contribution in [-0.2, 0) is 4.79 Å². The fourth-order valence-corrected chi connectivity index (χ4v) is 3.26. The van der Waals surface area contributed by atoms with Gasteiger partial charge in [0.25, 0.3) is 5.69 Å². The summed E-state index contributed by atoms with van der Waals surface area (Å²) in [6, 6.07) is 14.2. The first kappa shape index (κ1) is 24.8. The lowest BCUT2D eigenvalue weighted by molar-refractivity contribution is -0.384. The van der Waals surface area contributed by atoms with Crippen molar-refractivity contribution in [3.05, 3.63) is 87.5 Å². The maximum Gasteiger partial charge on any atom is 0.269 e. The molecular weight excluding hydrogens is 452 g/mol. The number of methoxy groups -OCH3 is 3. The van der Waals surface area contributed by atoms with Crippen LogP contribution in [0.15, 0.2) is 60.7 Å². The first-order valence-electron chi connectivity index (χ1n) is 10.4. The van der Waals surface area contributed by atoms with Crippen molar-refractivity contribution < 1.29 is 29.0 Å². The third-order valence-corrected chi connectivity index (χ3v) is 5.00. The van der Waals surface area contributed by atoms with E-state index in [2.05, 4.69) is 5.32 Å². The molecule has 35 heavy (non-hydrogen) atoms. The molecule has 0 saturated heterocycles. The predicted octanol–water partition coefficient (Wildman–Crippen LogP) is 5.15. The lowest BCUT2D eigenvalue weighted by Crippen LogP contribution is -2.09. The van der Waals surface area contributed by atoms with Gasteiger partial charge < -0.3 is 24.6 Å². The highest BCUT2D eigenvalue weighted by molar-refractivity contribution is 6.04. The highest BCUT2D eigenvalue weighted by atomic mass is 16.6. The molecule has 3 rings (SSSR count). The molecule has 9 nitrogen and oxygen atoms in total. The summed E-state index contributed by atoms with van der Waals surface area (Å²) in [5.74, 6) is 0.873. The summed E-state index contributed by atoms with van der Waals surface area (Å²) in [6.45, 7) is 0. The van der Waals surface area contributed by atoms with Gasteiger partial charge in [-0.25, -0.2) is 0 Å². The Morgan fingerprint density at radius 2 is 1.57 bits per heavy atom. The van der Waals surface area contributed by atoms with Gasteiger partial charge in [-0.2, -0.15) is 0 Å². The molecule has 3 aromatic rings. The zero-order chi connectivity index (χ0) is 25.4. The molecule has 180 valence electrons. The number of nitrogens with zero attached hydrogens (tertiary/aromatic N) is 1. The van der Waals surface area contributed by atoms with E-state index in [-0.39, 0.29) is 17.1 Å². The summed E-state index contributed by atoms with van der Waals surface area (Å²) in [7, 11) is 4.57. The quantitative estimate of drug-likeness (QED) is 0.144. The van der Waals surface area contributed by atoms with E-state index in [1.165, 1.54) is 63.8 Å². The number of phenolic OH excluding ortho intramolecular Hbond substituents is 1. The Labute approximate surface area is 202 Å². The molecular formula is C26H24N2O7. The molecule has 0 unspecified atom stereocenters. The average molecular weight is 476 g/mol. The van der Waals surface area contributed by atoms with Gasteiger partial charge in [-0.1, -0.05) is 24.3 Å². The number of para-hydroxylation sites is 1. The Balaban J connectivity index is 1.82. The van der Waals surface area contributed by atoms with Gasteiger partial charge in [0.05, 0.1) is 31.9 Å². The van der Waals surface area contributed by atoms with Gasteiger partial charge >= 0.3 is 0 Å². The lowest BCUT2D eigenvalue weighted by atomic mass is 10.1. The normalized spacial score (nSPS) is 10.9. The topological polar surface area (TPSA) is 120 Å². The summed E-state index contributed by atoms with van der Waals surface area (Å²) >= 11 is 0. The minimum absolute atomic E-state index is 0.0376. The average Bonchev–Trinajstić information content (AvgIpc) is 2.87. The summed E-state index contributed by atoms with van der Waals surface area (Å²) in [5.41, 5.74) is 2.12. The van der Waals surface area contributed by atoms with Gasteiger partial charge in [0.15, 0.2) is 11.5 Å². The Morgan fingerprint density at radius 3 is 2.14 bits per heavy atom. The fraction of sp³-hybridized carbons (Fsp3) is 0.115.